The summed E-state index contributed by atoms with van der Waals surface area (Å²) in [6.07, 6.45) is -0.352. The summed E-state index contributed by atoms with van der Waals surface area (Å²) < 4.78 is 6.23. The zero-order chi connectivity index (χ0) is 19.3. The van der Waals surface area contributed by atoms with Gasteiger partial charge in [0.25, 0.3) is 11.5 Å². The summed E-state index contributed by atoms with van der Waals surface area (Å²) in [6, 6.07) is 8.80. The van der Waals surface area contributed by atoms with Crippen molar-refractivity contribution >= 4 is 23.5 Å². The molecule has 1 heterocycles. The Balaban J connectivity index is 2.27. The molecule has 0 aliphatic carbocycles. The minimum Gasteiger partial charge on any atom is -0.463 e. The van der Waals surface area contributed by atoms with Crippen LogP contribution >= 0.6 is 11.6 Å². The van der Waals surface area contributed by atoms with Crippen LogP contribution in [0.5, 0.6) is 0 Å². The number of carbonyl (C=O) groups excluding carboxylic acids is 2. The first-order valence-electron chi connectivity index (χ1n) is 8.07. The van der Waals surface area contributed by atoms with Crippen molar-refractivity contribution in [1.29, 1.82) is 0 Å². The number of nitrogens with one attached hydrogen (secondary N) is 1. The van der Waals surface area contributed by atoms with E-state index < -0.39 is 17.9 Å². The van der Waals surface area contributed by atoms with Crippen LogP contribution in [0.3, 0.4) is 0 Å². The van der Waals surface area contributed by atoms with Crippen LogP contribution in [-0.2, 0) is 16.6 Å². The fraction of sp³-hybridized carbons (Fsp3) is 0.333. The van der Waals surface area contributed by atoms with Gasteiger partial charge in [0.15, 0.2) is 0 Å². The second-order valence-corrected chi connectivity index (χ2v) is 6.38. The lowest BCUT2D eigenvalue weighted by atomic mass is 10.0. The van der Waals surface area contributed by atoms with Crippen LogP contribution in [0, 0.1) is 0 Å². The van der Waals surface area contributed by atoms with Crippen LogP contribution in [-0.4, -0.2) is 27.8 Å². The van der Waals surface area contributed by atoms with Gasteiger partial charge in [0, 0.05) is 18.1 Å². The number of ether oxygens (including phenoxy) is 1. The van der Waals surface area contributed by atoms with Gasteiger partial charge in [-0.05, 0) is 31.5 Å². The number of hydrogen-bond acceptors (Lipinski definition) is 5. The number of halogens is 1. The maximum atomic E-state index is 12.5. The Morgan fingerprint density at radius 1 is 1.23 bits per heavy atom. The SMILES string of the molecule is CC(C)OC(=O)CC(NC(=O)c1ccc(=O)n(C)n1)c1ccccc1Cl. The number of rotatable bonds is 6. The van der Waals surface area contributed by atoms with Crippen LogP contribution < -0.4 is 10.9 Å². The van der Waals surface area contributed by atoms with Gasteiger partial charge in [-0.1, -0.05) is 29.8 Å². The van der Waals surface area contributed by atoms with Crippen molar-refractivity contribution in [3.05, 3.63) is 63.0 Å². The summed E-state index contributed by atoms with van der Waals surface area (Å²) in [5.74, 6) is -0.985. The molecule has 1 unspecified atom stereocenters. The van der Waals surface area contributed by atoms with Crippen LogP contribution in [0.4, 0.5) is 0 Å². The van der Waals surface area contributed by atoms with E-state index in [1.807, 2.05) is 0 Å². The second-order valence-electron chi connectivity index (χ2n) is 5.97. The van der Waals surface area contributed by atoms with Crippen molar-refractivity contribution in [2.24, 2.45) is 7.05 Å². The molecular formula is C18H20ClN3O4. The fourth-order valence-corrected chi connectivity index (χ4v) is 2.60. The normalized spacial score (nSPS) is 11.9. The molecule has 0 aliphatic rings. The number of aromatic nitrogens is 2. The van der Waals surface area contributed by atoms with Gasteiger partial charge in [-0.15, -0.1) is 0 Å². The Morgan fingerprint density at radius 3 is 2.54 bits per heavy atom. The molecule has 7 nitrogen and oxygen atoms in total. The average molecular weight is 378 g/mol. The Morgan fingerprint density at radius 2 is 1.92 bits per heavy atom. The van der Waals surface area contributed by atoms with Crippen molar-refractivity contribution in [2.45, 2.75) is 32.4 Å². The third-order valence-electron chi connectivity index (χ3n) is 3.52. The van der Waals surface area contributed by atoms with Gasteiger partial charge in [0.05, 0.1) is 18.6 Å². The number of amides is 1. The second kappa shape index (κ2) is 8.62. The van der Waals surface area contributed by atoms with E-state index in [-0.39, 0.29) is 23.8 Å². The molecule has 0 bridgehead atoms. The van der Waals surface area contributed by atoms with Gasteiger partial charge in [0.2, 0.25) is 0 Å². The number of benzene rings is 1. The highest BCUT2D eigenvalue weighted by atomic mass is 35.5. The number of esters is 1. The highest BCUT2D eigenvalue weighted by Crippen LogP contribution is 2.26. The lowest BCUT2D eigenvalue weighted by Gasteiger charge is -2.20. The van der Waals surface area contributed by atoms with Gasteiger partial charge in [-0.25, -0.2) is 4.68 Å². The summed E-state index contributed by atoms with van der Waals surface area (Å²) in [5.41, 5.74) is 0.319. The van der Waals surface area contributed by atoms with Crippen molar-refractivity contribution < 1.29 is 14.3 Å². The van der Waals surface area contributed by atoms with Gasteiger partial charge in [-0.2, -0.15) is 5.10 Å². The molecule has 8 heteroatoms. The van der Waals surface area contributed by atoms with Gasteiger partial charge in [0.1, 0.15) is 5.69 Å². The molecule has 2 aromatic rings. The Labute approximate surface area is 155 Å². The molecular weight excluding hydrogens is 358 g/mol. The molecule has 0 fully saturated rings. The maximum Gasteiger partial charge on any atom is 0.308 e. The summed E-state index contributed by atoms with van der Waals surface area (Å²) in [7, 11) is 1.45. The first kappa shape index (κ1) is 19.7. The molecule has 0 saturated carbocycles. The molecule has 138 valence electrons. The van der Waals surface area contributed by atoms with E-state index in [1.54, 1.807) is 38.1 Å². The van der Waals surface area contributed by atoms with Crippen molar-refractivity contribution in [3.63, 3.8) is 0 Å². The van der Waals surface area contributed by atoms with Crippen molar-refractivity contribution in [3.8, 4) is 0 Å². The minimum absolute atomic E-state index is 0.0568. The van der Waals surface area contributed by atoms with Crippen LogP contribution in [0.25, 0.3) is 0 Å². The van der Waals surface area contributed by atoms with Gasteiger partial charge >= 0.3 is 5.97 Å². The number of hydrogen-bond donors (Lipinski definition) is 1. The number of nitrogens with zero attached hydrogens (tertiary/aromatic N) is 2. The molecule has 1 atom stereocenters. The molecule has 0 radical (unpaired) electrons. The maximum absolute atomic E-state index is 12.5. The molecule has 1 amide bonds. The first-order valence-corrected chi connectivity index (χ1v) is 8.45. The Kier molecular flexibility index (Phi) is 6.52. The van der Waals surface area contributed by atoms with E-state index >= 15 is 0 Å². The van der Waals surface area contributed by atoms with Gasteiger partial charge in [-0.3, -0.25) is 14.4 Å². The monoisotopic (exact) mass is 377 g/mol. The van der Waals surface area contributed by atoms with Crippen molar-refractivity contribution in [2.75, 3.05) is 0 Å². The number of carbonyl (C=O) groups is 2. The van der Waals surface area contributed by atoms with E-state index in [9.17, 15) is 14.4 Å². The summed E-state index contributed by atoms with van der Waals surface area (Å²) in [6.45, 7) is 3.49. The van der Waals surface area contributed by atoms with E-state index in [2.05, 4.69) is 10.4 Å². The summed E-state index contributed by atoms with van der Waals surface area (Å²) in [4.78, 5) is 36.0. The lowest BCUT2D eigenvalue weighted by Crippen LogP contribution is -2.33. The molecule has 1 aromatic carbocycles. The third kappa shape index (κ3) is 5.16. The molecule has 0 saturated heterocycles. The molecule has 0 spiro atoms. The van der Waals surface area contributed by atoms with E-state index in [1.165, 1.54) is 19.2 Å². The number of aryl methyl sites for hydroxylation is 1. The summed E-state index contributed by atoms with van der Waals surface area (Å²) in [5, 5.41) is 7.07. The average Bonchev–Trinajstić information content (AvgIpc) is 2.56. The fourth-order valence-electron chi connectivity index (χ4n) is 2.33. The minimum atomic E-state index is -0.693. The highest BCUT2D eigenvalue weighted by molar-refractivity contribution is 6.31. The van der Waals surface area contributed by atoms with Gasteiger partial charge < -0.3 is 10.1 Å². The molecule has 0 aliphatic heterocycles. The lowest BCUT2D eigenvalue weighted by molar-refractivity contribution is -0.147. The molecule has 26 heavy (non-hydrogen) atoms. The van der Waals surface area contributed by atoms with Crippen LogP contribution in [0.15, 0.2) is 41.2 Å². The zero-order valence-corrected chi connectivity index (χ0v) is 15.5. The largest absolute Gasteiger partial charge is 0.463 e. The van der Waals surface area contributed by atoms with E-state index in [4.69, 9.17) is 16.3 Å². The van der Waals surface area contributed by atoms with E-state index in [0.717, 1.165) is 4.68 Å². The Bertz CT molecular complexity index is 864. The topological polar surface area (TPSA) is 90.3 Å². The van der Waals surface area contributed by atoms with Crippen LogP contribution in [0.2, 0.25) is 5.02 Å². The first-order chi connectivity index (χ1) is 12.3. The zero-order valence-electron chi connectivity index (χ0n) is 14.7. The molecule has 2 rings (SSSR count). The summed E-state index contributed by atoms with van der Waals surface area (Å²) >= 11 is 6.22. The standard InChI is InChI=1S/C18H20ClN3O4/c1-11(2)26-17(24)10-15(12-6-4-5-7-13(12)19)20-18(25)14-8-9-16(23)22(3)21-14/h4-9,11,15H,10H2,1-3H3,(H,20,25). The quantitative estimate of drug-likeness (QED) is 0.780. The van der Waals surface area contributed by atoms with E-state index in [0.29, 0.717) is 10.6 Å². The van der Waals surface area contributed by atoms with Crippen molar-refractivity contribution in [1.82, 2.24) is 15.1 Å². The molecule has 1 N–H and O–H groups in total. The predicted octanol–water partition coefficient (Wildman–Crippen LogP) is 2.25. The highest BCUT2D eigenvalue weighted by Gasteiger charge is 2.23. The molecule has 1 aromatic heterocycles. The smallest absolute Gasteiger partial charge is 0.308 e. The van der Waals surface area contributed by atoms with Crippen LogP contribution in [0.1, 0.15) is 42.4 Å². The predicted molar refractivity (Wildman–Crippen MR) is 97.0 cm³/mol. The third-order valence-corrected chi connectivity index (χ3v) is 3.86. The Hall–Kier alpha value is -2.67.